The van der Waals surface area contributed by atoms with Crippen LogP contribution < -0.4 is 5.19 Å². The fourth-order valence-corrected chi connectivity index (χ4v) is 9.16. The Morgan fingerprint density at radius 2 is 1.44 bits per heavy atom. The summed E-state index contributed by atoms with van der Waals surface area (Å²) in [5.74, 6) is 0.205. The molecule has 6 heteroatoms. The smallest absolute Gasteiger partial charge is 0.120 e. The Morgan fingerprint density at radius 3 is 2.10 bits per heavy atom. The van der Waals surface area contributed by atoms with Crippen molar-refractivity contribution in [2.75, 3.05) is 0 Å². The second-order valence-corrected chi connectivity index (χ2v) is 24.2. The van der Waals surface area contributed by atoms with Gasteiger partial charge in [0.15, 0.2) is 0 Å². The summed E-state index contributed by atoms with van der Waals surface area (Å²) < 4.78 is 34.1. The van der Waals surface area contributed by atoms with Gasteiger partial charge >= 0.3 is 0 Å². The van der Waals surface area contributed by atoms with E-state index in [4.69, 9.17) is 13.5 Å². The summed E-state index contributed by atoms with van der Waals surface area (Å²) in [6.07, 6.45) is 0.403. The van der Waals surface area contributed by atoms with Crippen LogP contribution in [0.4, 0.5) is 0 Å². The summed E-state index contributed by atoms with van der Waals surface area (Å²) in [4.78, 5) is 9.88. The number of para-hydroxylation sites is 1. The molecule has 0 unspecified atom stereocenters. The number of fused-ring (bicyclic) bond motifs is 6. The van der Waals surface area contributed by atoms with Crippen molar-refractivity contribution in [3.05, 3.63) is 156 Å². The van der Waals surface area contributed by atoms with Gasteiger partial charge in [-0.25, -0.2) is 0 Å². The molecule has 0 aliphatic heterocycles. The van der Waals surface area contributed by atoms with Gasteiger partial charge in [0.1, 0.15) is 5.58 Å². The van der Waals surface area contributed by atoms with Crippen LogP contribution in [0.3, 0.4) is 0 Å². The molecule has 0 saturated carbocycles. The molecule has 4 nitrogen and oxygen atoms in total. The van der Waals surface area contributed by atoms with Gasteiger partial charge in [0, 0.05) is 46.9 Å². The van der Waals surface area contributed by atoms with Crippen LogP contribution in [0, 0.1) is 17.5 Å². The van der Waals surface area contributed by atoms with Gasteiger partial charge in [0.25, 0.3) is 0 Å². The fraction of sp³-hybridized carbons (Fsp3) is 0.273. The number of benzene rings is 6. The number of pyridine rings is 1. The third kappa shape index (κ3) is 9.23. The predicted octanol–water partition coefficient (Wildman–Crippen LogP) is 14.6. The molecule has 61 heavy (non-hydrogen) atoms. The predicted molar refractivity (Wildman–Crippen MR) is 258 cm³/mol. The number of rotatable bonds is 6. The van der Waals surface area contributed by atoms with Crippen LogP contribution in [0.15, 0.2) is 132 Å². The maximum atomic E-state index is 8.84. The first kappa shape index (κ1) is 40.0. The van der Waals surface area contributed by atoms with E-state index in [-0.39, 0.29) is 25.5 Å². The van der Waals surface area contributed by atoms with Gasteiger partial charge in [-0.15, -0.1) is 59.2 Å². The molecule has 1 radical (unpaired) electrons. The zero-order valence-corrected chi connectivity index (χ0v) is 40.6. The number of hydrogen-bond donors (Lipinski definition) is 0. The van der Waals surface area contributed by atoms with E-state index in [1.165, 1.54) is 10.9 Å². The van der Waals surface area contributed by atoms with Crippen molar-refractivity contribution in [1.82, 2.24) is 14.5 Å². The normalized spacial score (nSPS) is 13.4. The van der Waals surface area contributed by atoms with Crippen LogP contribution in [0.25, 0.3) is 72.1 Å². The van der Waals surface area contributed by atoms with Gasteiger partial charge in [-0.3, -0.25) is 4.98 Å². The van der Waals surface area contributed by atoms with Gasteiger partial charge in [0.2, 0.25) is 0 Å². The summed E-state index contributed by atoms with van der Waals surface area (Å²) in [6.45, 7) is 22.9. The van der Waals surface area contributed by atoms with Crippen molar-refractivity contribution >= 4 is 57.0 Å². The number of hydrogen-bond acceptors (Lipinski definition) is 3. The monoisotopic (exact) mass is 999 g/mol. The Balaban J connectivity index is 0.000000197. The summed E-state index contributed by atoms with van der Waals surface area (Å²) in [5, 5.41) is 5.58. The number of furan rings is 1. The van der Waals surface area contributed by atoms with Gasteiger partial charge in [-0.1, -0.05) is 159 Å². The van der Waals surface area contributed by atoms with E-state index in [1.807, 2.05) is 89.3 Å². The van der Waals surface area contributed by atoms with E-state index < -0.39 is 25.8 Å². The molecular weight excluding hydrogens is 939 g/mol. The van der Waals surface area contributed by atoms with E-state index in [1.54, 1.807) is 0 Å². The number of nitrogens with zero attached hydrogens (tertiary/aromatic N) is 3. The summed E-state index contributed by atoms with van der Waals surface area (Å²) in [6, 6.07) is 48.2. The minimum absolute atomic E-state index is 0. The summed E-state index contributed by atoms with van der Waals surface area (Å²) in [7, 11) is -1.76. The molecule has 0 bridgehead atoms. The van der Waals surface area contributed by atoms with Crippen LogP contribution in [-0.4, -0.2) is 22.6 Å². The first-order chi connectivity index (χ1) is 29.5. The topological polar surface area (TPSA) is 43.9 Å². The van der Waals surface area contributed by atoms with E-state index in [2.05, 4.69) is 135 Å². The molecule has 0 aliphatic rings. The quantitative estimate of drug-likeness (QED) is 0.123. The zero-order valence-electron chi connectivity index (χ0n) is 40.2. The molecule has 0 spiro atoms. The SMILES string of the molecule is CC(C)(C)c1ccc(-n2c(-c3[c-]cc4oc5ccccc5c4c3)nc3c4ccccc4ccc32)cc1.[2H]C(C)(C)c1c[c-]c(-c2cc(C([2H])([2H])C(C)(C)C)c([Si](C)(C)C)cn2)cc1.[Ir]. The van der Waals surface area contributed by atoms with Crippen molar-refractivity contribution in [3.8, 4) is 28.3 Å². The van der Waals surface area contributed by atoms with Crippen molar-refractivity contribution < 1.29 is 28.6 Å². The molecule has 3 aromatic heterocycles. The van der Waals surface area contributed by atoms with E-state index in [9.17, 15) is 0 Å². The van der Waals surface area contributed by atoms with Crippen molar-refractivity contribution in [1.29, 1.82) is 0 Å². The first-order valence-electron chi connectivity index (χ1n) is 22.4. The molecule has 0 fully saturated rings. The number of imidazole rings is 1. The van der Waals surface area contributed by atoms with Gasteiger partial charge < -0.3 is 14.0 Å². The molecular formula is C55H57IrN3OSi-2. The van der Waals surface area contributed by atoms with Crippen molar-refractivity contribution in [2.24, 2.45) is 5.41 Å². The Bertz CT molecular complexity index is 3120. The Kier molecular flexibility index (Phi) is 11.1. The standard InChI is InChI=1S/C33H25N2O.C22H32NSi.Ir/c1-33(2,3)23-14-16-24(17-15-23)35-28-18-12-21-8-4-5-9-25(21)31(28)34-32(35)22-13-19-30-27(20-22)26-10-6-7-11-29(26)36-30;1-16(2)17-9-11-18(12-10-17)20-13-19(14-22(3,4)5)21(15-23-20)24(6,7)8;/h4-12,14-20H,1-3H3;9-11,13,15-16H,14H2,1-8H3;/q2*-1;/i;14D2,16D;. The second kappa shape index (κ2) is 17.0. The van der Waals surface area contributed by atoms with E-state index in [0.717, 1.165) is 83.0 Å². The Hall–Kier alpha value is -5.13. The first-order valence-corrected chi connectivity index (χ1v) is 24.4. The van der Waals surface area contributed by atoms with E-state index in [0.29, 0.717) is 0 Å². The average molecular weight is 999 g/mol. The maximum Gasteiger partial charge on any atom is 0.120 e. The van der Waals surface area contributed by atoms with Crippen LogP contribution >= 0.6 is 0 Å². The molecule has 0 atom stereocenters. The average Bonchev–Trinajstić information content (AvgIpc) is 3.81. The zero-order chi connectivity index (χ0) is 45.3. The molecule has 0 aliphatic carbocycles. The van der Waals surface area contributed by atoms with Crippen molar-refractivity contribution in [2.45, 2.75) is 92.7 Å². The third-order valence-corrected chi connectivity index (χ3v) is 13.0. The van der Waals surface area contributed by atoms with Crippen molar-refractivity contribution in [3.63, 3.8) is 0 Å². The summed E-state index contributed by atoms with van der Waals surface area (Å²) >= 11 is 0. The minimum Gasteiger partial charge on any atom is -0.500 e. The Labute approximate surface area is 381 Å². The largest absolute Gasteiger partial charge is 0.500 e. The second-order valence-electron chi connectivity index (χ2n) is 19.2. The molecule has 0 amide bonds. The van der Waals surface area contributed by atoms with Gasteiger partial charge in [-0.05, 0) is 63.3 Å². The van der Waals surface area contributed by atoms with Crippen LogP contribution in [-0.2, 0) is 31.9 Å². The molecule has 9 aromatic rings. The van der Waals surface area contributed by atoms with Crippen LogP contribution in [0.1, 0.15) is 82.1 Å². The van der Waals surface area contributed by atoms with Crippen LogP contribution in [0.5, 0.6) is 0 Å². The molecule has 313 valence electrons. The van der Waals surface area contributed by atoms with Crippen LogP contribution in [0.2, 0.25) is 19.6 Å². The molecule has 3 heterocycles. The fourth-order valence-electron chi connectivity index (χ4n) is 7.77. The molecule has 0 saturated heterocycles. The third-order valence-electron chi connectivity index (χ3n) is 11.0. The Morgan fingerprint density at radius 1 is 0.754 bits per heavy atom. The van der Waals surface area contributed by atoms with Gasteiger partial charge in [0.05, 0.1) is 30.5 Å². The molecule has 6 aromatic carbocycles. The molecule has 9 rings (SSSR count). The molecule has 0 N–H and O–H groups in total. The van der Waals surface area contributed by atoms with E-state index >= 15 is 0 Å². The number of aromatic nitrogens is 3. The summed E-state index contributed by atoms with van der Waals surface area (Å²) in [5.41, 5.74) is 9.90. The van der Waals surface area contributed by atoms with Gasteiger partial charge in [-0.2, -0.15) is 0 Å². The minimum atomic E-state index is -1.76. The maximum absolute atomic E-state index is 8.84.